The van der Waals surface area contributed by atoms with Crippen LogP contribution in [0.2, 0.25) is 0 Å². The third-order valence-corrected chi connectivity index (χ3v) is 2.84. The van der Waals surface area contributed by atoms with Gasteiger partial charge in [0.25, 0.3) is 0 Å². The van der Waals surface area contributed by atoms with Gasteiger partial charge in [-0.1, -0.05) is 6.07 Å². The number of anilines is 2. The minimum atomic E-state index is -0.115. The number of nitrogen functional groups attached to an aromatic ring is 2. The molecule has 0 saturated heterocycles. The molecule has 2 aromatic rings. The fraction of sp³-hybridized carbons (Fsp3) is 0.143. The van der Waals surface area contributed by atoms with Crippen molar-refractivity contribution in [3.05, 3.63) is 47.7 Å². The highest BCUT2D eigenvalue weighted by Gasteiger charge is 2.13. The van der Waals surface area contributed by atoms with Crippen LogP contribution in [-0.2, 0) is 6.42 Å². The Hall–Kier alpha value is -2.56. The van der Waals surface area contributed by atoms with Crippen LogP contribution in [-0.4, -0.2) is 17.9 Å². The standard InChI is InChI=1S/C14H15N3O2/c1-19-10-4-5-12(15)11(8-10)13(18)7-9-3-2-6-17-14(9)16/h2-6,8H,7,15H2,1H3,(H2,16,17). The van der Waals surface area contributed by atoms with Crippen LogP contribution >= 0.6 is 0 Å². The number of nitrogens with two attached hydrogens (primary N) is 2. The lowest BCUT2D eigenvalue weighted by Gasteiger charge is -2.08. The Balaban J connectivity index is 2.28. The number of ether oxygens (including phenoxy) is 1. The number of nitrogens with zero attached hydrogens (tertiary/aromatic N) is 1. The number of aromatic nitrogens is 1. The molecule has 1 aromatic carbocycles. The first-order chi connectivity index (χ1) is 9.11. The van der Waals surface area contributed by atoms with E-state index in [2.05, 4.69) is 4.98 Å². The van der Waals surface area contributed by atoms with Crippen molar-refractivity contribution in [3.8, 4) is 5.75 Å². The zero-order valence-electron chi connectivity index (χ0n) is 10.6. The van der Waals surface area contributed by atoms with Gasteiger partial charge in [-0.05, 0) is 24.3 Å². The van der Waals surface area contributed by atoms with E-state index in [0.29, 0.717) is 28.4 Å². The molecule has 0 saturated carbocycles. The molecule has 0 fully saturated rings. The highest BCUT2D eigenvalue weighted by Crippen LogP contribution is 2.22. The van der Waals surface area contributed by atoms with E-state index in [1.54, 1.807) is 43.6 Å². The van der Waals surface area contributed by atoms with Gasteiger partial charge in [0, 0.05) is 29.4 Å². The van der Waals surface area contributed by atoms with Gasteiger partial charge < -0.3 is 16.2 Å². The summed E-state index contributed by atoms with van der Waals surface area (Å²) in [6, 6.07) is 8.51. The van der Waals surface area contributed by atoms with Crippen LogP contribution in [0.25, 0.3) is 0 Å². The zero-order chi connectivity index (χ0) is 13.8. The smallest absolute Gasteiger partial charge is 0.169 e. The fourth-order valence-corrected chi connectivity index (χ4v) is 1.77. The number of Topliss-reactive ketones (excluding diaryl/α,β-unsaturated/α-hetero) is 1. The molecule has 0 aliphatic rings. The third-order valence-electron chi connectivity index (χ3n) is 2.84. The lowest BCUT2D eigenvalue weighted by Crippen LogP contribution is -2.09. The Morgan fingerprint density at radius 2 is 2.11 bits per heavy atom. The van der Waals surface area contributed by atoms with E-state index in [-0.39, 0.29) is 12.2 Å². The summed E-state index contributed by atoms with van der Waals surface area (Å²) in [5, 5.41) is 0. The lowest BCUT2D eigenvalue weighted by atomic mass is 10.0. The summed E-state index contributed by atoms with van der Waals surface area (Å²) < 4.78 is 5.09. The third kappa shape index (κ3) is 2.82. The first-order valence-corrected chi connectivity index (χ1v) is 5.78. The summed E-state index contributed by atoms with van der Waals surface area (Å²) in [4.78, 5) is 16.2. The van der Waals surface area contributed by atoms with Crippen molar-refractivity contribution in [2.24, 2.45) is 0 Å². The molecule has 98 valence electrons. The maximum absolute atomic E-state index is 12.2. The second kappa shape index (κ2) is 5.39. The summed E-state index contributed by atoms with van der Waals surface area (Å²) in [5.41, 5.74) is 13.1. The van der Waals surface area contributed by atoms with Gasteiger partial charge in [-0.3, -0.25) is 4.79 Å². The monoisotopic (exact) mass is 257 g/mol. The Labute approximate surface area is 111 Å². The highest BCUT2D eigenvalue weighted by atomic mass is 16.5. The number of rotatable bonds is 4. The summed E-state index contributed by atoms with van der Waals surface area (Å²) in [7, 11) is 1.54. The highest BCUT2D eigenvalue weighted by molar-refractivity contribution is 6.02. The molecule has 19 heavy (non-hydrogen) atoms. The summed E-state index contributed by atoms with van der Waals surface area (Å²) in [5.74, 6) is 0.838. The van der Waals surface area contributed by atoms with Crippen molar-refractivity contribution in [2.75, 3.05) is 18.6 Å². The van der Waals surface area contributed by atoms with Gasteiger partial charge in [0.15, 0.2) is 5.78 Å². The molecule has 0 unspecified atom stereocenters. The molecule has 5 heteroatoms. The second-order valence-electron chi connectivity index (χ2n) is 4.10. The van der Waals surface area contributed by atoms with Crippen molar-refractivity contribution in [2.45, 2.75) is 6.42 Å². The van der Waals surface area contributed by atoms with Crippen LogP contribution in [0, 0.1) is 0 Å². The fourth-order valence-electron chi connectivity index (χ4n) is 1.77. The van der Waals surface area contributed by atoms with Crippen molar-refractivity contribution in [1.82, 2.24) is 4.98 Å². The Bertz CT molecular complexity index is 611. The Kier molecular flexibility index (Phi) is 3.66. The predicted octanol–water partition coefficient (Wildman–Crippen LogP) is 1.68. The van der Waals surface area contributed by atoms with Gasteiger partial charge in [0.2, 0.25) is 0 Å². The Morgan fingerprint density at radius 1 is 1.32 bits per heavy atom. The predicted molar refractivity (Wildman–Crippen MR) is 74.1 cm³/mol. The molecule has 0 spiro atoms. The van der Waals surface area contributed by atoms with Crippen LogP contribution < -0.4 is 16.2 Å². The molecule has 0 aliphatic carbocycles. The van der Waals surface area contributed by atoms with Gasteiger partial charge >= 0.3 is 0 Å². The number of hydrogen-bond acceptors (Lipinski definition) is 5. The van der Waals surface area contributed by atoms with E-state index in [1.807, 2.05) is 0 Å². The molecule has 0 radical (unpaired) electrons. The van der Waals surface area contributed by atoms with E-state index < -0.39 is 0 Å². The van der Waals surface area contributed by atoms with Crippen LogP contribution in [0.1, 0.15) is 15.9 Å². The number of hydrogen-bond donors (Lipinski definition) is 2. The molecule has 0 amide bonds. The molecule has 0 aliphatic heterocycles. The first-order valence-electron chi connectivity index (χ1n) is 5.78. The average molecular weight is 257 g/mol. The van der Waals surface area contributed by atoms with E-state index >= 15 is 0 Å². The maximum Gasteiger partial charge on any atom is 0.169 e. The molecule has 2 rings (SSSR count). The number of pyridine rings is 1. The van der Waals surface area contributed by atoms with E-state index in [1.165, 1.54) is 0 Å². The van der Waals surface area contributed by atoms with Gasteiger partial charge in [-0.25, -0.2) is 4.98 Å². The number of carbonyl (C=O) groups is 1. The second-order valence-corrected chi connectivity index (χ2v) is 4.10. The van der Waals surface area contributed by atoms with Gasteiger partial charge in [-0.15, -0.1) is 0 Å². The molecule has 4 N–H and O–H groups in total. The molecular weight excluding hydrogens is 242 g/mol. The molecule has 1 aromatic heterocycles. The molecule has 1 heterocycles. The number of benzene rings is 1. The Morgan fingerprint density at radius 3 is 2.79 bits per heavy atom. The maximum atomic E-state index is 12.2. The molecular formula is C14H15N3O2. The van der Waals surface area contributed by atoms with Crippen LogP contribution in [0.3, 0.4) is 0 Å². The number of methoxy groups -OCH3 is 1. The normalized spacial score (nSPS) is 10.2. The molecule has 0 atom stereocenters. The SMILES string of the molecule is COc1ccc(N)c(C(=O)Cc2cccnc2N)c1. The topological polar surface area (TPSA) is 91.2 Å². The van der Waals surface area contributed by atoms with Gasteiger partial charge in [0.1, 0.15) is 11.6 Å². The minimum Gasteiger partial charge on any atom is -0.497 e. The number of carbonyl (C=O) groups excluding carboxylic acids is 1. The van der Waals surface area contributed by atoms with Crippen LogP contribution in [0.4, 0.5) is 11.5 Å². The minimum absolute atomic E-state index is 0.115. The van der Waals surface area contributed by atoms with E-state index in [4.69, 9.17) is 16.2 Å². The lowest BCUT2D eigenvalue weighted by molar-refractivity contribution is 0.0993. The molecule has 0 bridgehead atoms. The van der Waals surface area contributed by atoms with E-state index in [9.17, 15) is 4.79 Å². The summed E-state index contributed by atoms with van der Waals surface area (Å²) in [6.07, 6.45) is 1.75. The number of ketones is 1. The zero-order valence-corrected chi connectivity index (χ0v) is 10.6. The van der Waals surface area contributed by atoms with Gasteiger partial charge in [0.05, 0.1) is 7.11 Å². The van der Waals surface area contributed by atoms with E-state index in [0.717, 1.165) is 0 Å². The summed E-state index contributed by atoms with van der Waals surface area (Å²) >= 11 is 0. The van der Waals surface area contributed by atoms with Crippen LogP contribution in [0.5, 0.6) is 5.75 Å². The molecule has 5 nitrogen and oxygen atoms in total. The van der Waals surface area contributed by atoms with Crippen molar-refractivity contribution >= 4 is 17.3 Å². The van der Waals surface area contributed by atoms with Gasteiger partial charge in [-0.2, -0.15) is 0 Å². The van der Waals surface area contributed by atoms with Crippen molar-refractivity contribution in [1.29, 1.82) is 0 Å². The average Bonchev–Trinajstić information content (AvgIpc) is 2.42. The van der Waals surface area contributed by atoms with Crippen molar-refractivity contribution < 1.29 is 9.53 Å². The first kappa shape index (κ1) is 12.9. The quantitative estimate of drug-likeness (QED) is 0.642. The largest absolute Gasteiger partial charge is 0.497 e. The van der Waals surface area contributed by atoms with Crippen LogP contribution in [0.15, 0.2) is 36.5 Å². The van der Waals surface area contributed by atoms with Crippen molar-refractivity contribution in [3.63, 3.8) is 0 Å². The summed E-state index contributed by atoms with van der Waals surface area (Å²) in [6.45, 7) is 0.